The first-order valence-electron chi connectivity index (χ1n) is 14.5. The first-order chi connectivity index (χ1) is 18.9. The molecule has 3 aliphatic heterocycles. The summed E-state index contributed by atoms with van der Waals surface area (Å²) in [7, 11) is 0. The second-order valence-electron chi connectivity index (χ2n) is 10.9. The number of fused-ring (bicyclic) bond motifs is 1. The van der Waals surface area contributed by atoms with Gasteiger partial charge in [0.1, 0.15) is 0 Å². The lowest BCUT2D eigenvalue weighted by Gasteiger charge is -2.30. The molecule has 1 aromatic carbocycles. The van der Waals surface area contributed by atoms with E-state index in [1.165, 1.54) is 0 Å². The van der Waals surface area contributed by atoms with Crippen molar-refractivity contribution in [1.29, 1.82) is 0 Å². The van der Waals surface area contributed by atoms with Crippen molar-refractivity contribution in [2.24, 2.45) is 11.7 Å². The number of ether oxygens (including phenoxy) is 2. The Morgan fingerprint density at radius 1 is 1.13 bits per heavy atom. The average molecular weight is 545 g/mol. The zero-order valence-corrected chi connectivity index (χ0v) is 23.2. The van der Waals surface area contributed by atoms with Gasteiger partial charge in [-0.05, 0) is 62.8 Å². The highest BCUT2D eigenvalue weighted by Crippen LogP contribution is 2.43. The molecule has 2 saturated heterocycles. The molecule has 0 aliphatic carbocycles. The van der Waals surface area contributed by atoms with Crippen LogP contribution in [0.3, 0.4) is 0 Å². The second kappa shape index (κ2) is 14.0. The van der Waals surface area contributed by atoms with Gasteiger partial charge in [0, 0.05) is 51.1 Å². The van der Waals surface area contributed by atoms with E-state index in [2.05, 4.69) is 11.8 Å². The predicted molar refractivity (Wildman–Crippen MR) is 147 cm³/mol. The third-order valence-electron chi connectivity index (χ3n) is 8.31. The Labute approximate surface area is 231 Å². The zero-order valence-electron chi connectivity index (χ0n) is 23.2. The van der Waals surface area contributed by atoms with Crippen LogP contribution in [-0.4, -0.2) is 96.2 Å². The van der Waals surface area contributed by atoms with Gasteiger partial charge in [-0.2, -0.15) is 0 Å². The Hall–Kier alpha value is -2.85. The van der Waals surface area contributed by atoms with Gasteiger partial charge in [-0.15, -0.1) is 0 Å². The molecule has 216 valence electrons. The average Bonchev–Trinajstić information content (AvgIpc) is 3.64. The molecule has 3 N–H and O–H groups in total. The molecule has 1 unspecified atom stereocenters. The van der Waals surface area contributed by atoms with E-state index in [-0.39, 0.29) is 37.1 Å². The largest absolute Gasteiger partial charge is 0.481 e. The van der Waals surface area contributed by atoms with Crippen molar-refractivity contribution in [3.63, 3.8) is 0 Å². The molecule has 3 heterocycles. The van der Waals surface area contributed by atoms with Crippen LogP contribution in [0.15, 0.2) is 18.2 Å². The molecular weight excluding hydrogens is 500 g/mol. The standard InChI is InChI=1S/C29H44N4O6/c1-2-3-13-32(14-5-4-12-30)27(35)19-33-18-22(21-10-11-24-25(17-21)39-20-38-24)28(29(36)37)23(33)8-6-15-31-16-7-9-26(31)34/h10-11,17,22-23,28H,2-9,12-16,18-20,30H2,1H3,(H,36,37)/t22-,23+,28?/m1/s1. The number of unbranched alkanes of at least 4 members (excludes halogenated alkanes) is 2. The van der Waals surface area contributed by atoms with Crippen molar-refractivity contribution >= 4 is 17.8 Å². The van der Waals surface area contributed by atoms with E-state index in [0.717, 1.165) is 44.2 Å². The van der Waals surface area contributed by atoms with Gasteiger partial charge in [0.2, 0.25) is 18.6 Å². The molecule has 0 aromatic heterocycles. The fraction of sp³-hybridized carbons (Fsp3) is 0.690. The lowest BCUT2D eigenvalue weighted by atomic mass is 9.83. The summed E-state index contributed by atoms with van der Waals surface area (Å²) in [6.45, 7) is 6.27. The number of hydrogen-bond donors (Lipinski definition) is 2. The summed E-state index contributed by atoms with van der Waals surface area (Å²) in [4.78, 5) is 44.3. The van der Waals surface area contributed by atoms with Gasteiger partial charge in [-0.3, -0.25) is 19.3 Å². The molecule has 0 bridgehead atoms. The molecule has 3 atom stereocenters. The van der Waals surface area contributed by atoms with E-state index in [4.69, 9.17) is 15.2 Å². The second-order valence-corrected chi connectivity index (χ2v) is 10.9. The molecule has 10 nitrogen and oxygen atoms in total. The van der Waals surface area contributed by atoms with E-state index < -0.39 is 11.9 Å². The van der Waals surface area contributed by atoms with Crippen molar-refractivity contribution < 1.29 is 29.0 Å². The number of rotatable bonds is 15. The minimum Gasteiger partial charge on any atom is -0.481 e. The van der Waals surface area contributed by atoms with Crippen molar-refractivity contribution in [3.8, 4) is 11.5 Å². The topological polar surface area (TPSA) is 126 Å². The van der Waals surface area contributed by atoms with E-state index in [1.807, 2.05) is 28.0 Å². The molecule has 1 aromatic rings. The number of benzene rings is 1. The Balaban J connectivity index is 1.53. The normalized spacial score (nSPS) is 22.6. The van der Waals surface area contributed by atoms with Crippen molar-refractivity contribution in [2.75, 3.05) is 52.6 Å². The minimum absolute atomic E-state index is 0.0377. The molecule has 0 spiro atoms. The maximum Gasteiger partial charge on any atom is 0.308 e. The van der Waals surface area contributed by atoms with Gasteiger partial charge in [-0.25, -0.2) is 0 Å². The van der Waals surface area contributed by atoms with Crippen molar-refractivity contribution in [2.45, 2.75) is 70.3 Å². The lowest BCUT2D eigenvalue weighted by molar-refractivity contribution is -0.144. The first kappa shape index (κ1) is 29.1. The van der Waals surface area contributed by atoms with Crippen LogP contribution >= 0.6 is 0 Å². The summed E-state index contributed by atoms with van der Waals surface area (Å²) < 4.78 is 11.0. The fourth-order valence-electron chi connectivity index (χ4n) is 6.20. The number of likely N-dealkylation sites (tertiary alicyclic amines) is 2. The summed E-state index contributed by atoms with van der Waals surface area (Å²) in [6.07, 6.45) is 6.43. The molecule has 0 radical (unpaired) electrons. The van der Waals surface area contributed by atoms with Crippen LogP contribution in [0.4, 0.5) is 0 Å². The summed E-state index contributed by atoms with van der Waals surface area (Å²) in [5, 5.41) is 10.4. The molecule has 2 amide bonds. The van der Waals surface area contributed by atoms with Crippen LogP contribution in [-0.2, 0) is 14.4 Å². The van der Waals surface area contributed by atoms with Gasteiger partial charge < -0.3 is 30.1 Å². The summed E-state index contributed by atoms with van der Waals surface area (Å²) in [5.41, 5.74) is 6.56. The van der Waals surface area contributed by atoms with Crippen molar-refractivity contribution in [3.05, 3.63) is 23.8 Å². The number of amides is 2. The number of carbonyl (C=O) groups excluding carboxylic acids is 2. The molecule has 4 rings (SSSR count). The number of nitrogens with zero attached hydrogens (tertiary/aromatic N) is 3. The minimum atomic E-state index is -0.861. The van der Waals surface area contributed by atoms with Gasteiger partial charge in [0.25, 0.3) is 0 Å². The van der Waals surface area contributed by atoms with E-state index in [1.54, 1.807) is 0 Å². The number of aliphatic carboxylic acids is 1. The number of nitrogens with two attached hydrogens (primary N) is 1. The van der Waals surface area contributed by atoms with Crippen LogP contribution in [0.5, 0.6) is 11.5 Å². The van der Waals surface area contributed by atoms with Crippen LogP contribution in [0, 0.1) is 5.92 Å². The third kappa shape index (κ3) is 7.22. The van der Waals surface area contributed by atoms with Gasteiger partial charge >= 0.3 is 5.97 Å². The SMILES string of the molecule is CCCCN(CCCCN)C(=O)CN1C[C@H](c2ccc3c(c2)OCO3)C(C(=O)O)[C@@H]1CCCN1CCCC1=O. The zero-order chi connectivity index (χ0) is 27.8. The number of hydrogen-bond acceptors (Lipinski definition) is 7. The maximum atomic E-state index is 13.6. The van der Waals surface area contributed by atoms with E-state index in [0.29, 0.717) is 63.5 Å². The summed E-state index contributed by atoms with van der Waals surface area (Å²) in [6, 6.07) is 5.33. The van der Waals surface area contributed by atoms with E-state index in [9.17, 15) is 19.5 Å². The summed E-state index contributed by atoms with van der Waals surface area (Å²) >= 11 is 0. The Bertz CT molecular complexity index is 1000. The van der Waals surface area contributed by atoms with Crippen LogP contribution in [0.1, 0.15) is 69.8 Å². The monoisotopic (exact) mass is 544 g/mol. The van der Waals surface area contributed by atoms with Crippen LogP contribution < -0.4 is 15.2 Å². The quantitative estimate of drug-likeness (QED) is 0.323. The highest BCUT2D eigenvalue weighted by Gasteiger charge is 2.47. The number of carboxylic acids is 1. The van der Waals surface area contributed by atoms with Gasteiger partial charge in [-0.1, -0.05) is 19.4 Å². The third-order valence-corrected chi connectivity index (χ3v) is 8.31. The fourth-order valence-corrected chi connectivity index (χ4v) is 6.20. The van der Waals surface area contributed by atoms with Crippen LogP contribution in [0.25, 0.3) is 0 Å². The van der Waals surface area contributed by atoms with Crippen molar-refractivity contribution in [1.82, 2.24) is 14.7 Å². The highest BCUT2D eigenvalue weighted by molar-refractivity contribution is 5.79. The Kier molecular flexibility index (Phi) is 10.4. The Morgan fingerprint density at radius 2 is 1.92 bits per heavy atom. The van der Waals surface area contributed by atoms with Crippen LogP contribution in [0.2, 0.25) is 0 Å². The molecule has 39 heavy (non-hydrogen) atoms. The molecule has 2 fully saturated rings. The molecule has 10 heteroatoms. The van der Waals surface area contributed by atoms with Gasteiger partial charge in [0.15, 0.2) is 11.5 Å². The molecular formula is C29H44N4O6. The molecule has 3 aliphatic rings. The lowest BCUT2D eigenvalue weighted by Crippen LogP contribution is -2.45. The smallest absolute Gasteiger partial charge is 0.308 e. The Morgan fingerprint density at radius 3 is 2.64 bits per heavy atom. The maximum absolute atomic E-state index is 13.6. The first-order valence-corrected chi connectivity index (χ1v) is 14.5. The molecule has 0 saturated carbocycles. The van der Waals surface area contributed by atoms with E-state index >= 15 is 0 Å². The highest BCUT2D eigenvalue weighted by atomic mass is 16.7. The predicted octanol–water partition coefficient (Wildman–Crippen LogP) is 2.65. The number of carboxylic acid groups (broad SMARTS) is 1. The summed E-state index contributed by atoms with van der Waals surface area (Å²) in [5.74, 6) is -0.326. The van der Waals surface area contributed by atoms with Gasteiger partial charge in [0.05, 0.1) is 12.5 Å². The number of carbonyl (C=O) groups is 3.